The van der Waals surface area contributed by atoms with E-state index in [1.807, 2.05) is 0 Å². The third-order valence-electron chi connectivity index (χ3n) is 3.46. The highest BCUT2D eigenvalue weighted by atomic mass is 32.2. The quantitative estimate of drug-likeness (QED) is 0.415. The number of hydrogen-bond donors (Lipinski definition) is 2. The van der Waals surface area contributed by atoms with Gasteiger partial charge in [-0.15, -0.1) is 0 Å². The topological polar surface area (TPSA) is 73.8 Å². The molecule has 0 heterocycles. The molecular formula is C15H24F2N4O2S. The number of rotatable bonds is 8. The molecule has 0 amide bonds. The van der Waals surface area contributed by atoms with Gasteiger partial charge in [0.25, 0.3) is 0 Å². The highest BCUT2D eigenvalue weighted by Crippen LogP contribution is 2.09. The number of benzene rings is 1. The van der Waals surface area contributed by atoms with Crippen molar-refractivity contribution in [3.8, 4) is 0 Å². The number of halogens is 2. The zero-order valence-corrected chi connectivity index (χ0v) is 15.0. The lowest BCUT2D eigenvalue weighted by Crippen LogP contribution is -2.38. The molecule has 136 valence electrons. The van der Waals surface area contributed by atoms with Gasteiger partial charge in [0.1, 0.15) is 11.6 Å². The maximum atomic E-state index is 13.5. The van der Waals surface area contributed by atoms with Crippen molar-refractivity contribution in [1.82, 2.24) is 14.9 Å². The maximum Gasteiger partial charge on any atom is 0.213 e. The van der Waals surface area contributed by atoms with Gasteiger partial charge in [-0.2, -0.15) is 0 Å². The van der Waals surface area contributed by atoms with Crippen molar-refractivity contribution >= 4 is 16.0 Å². The molecule has 1 aromatic rings. The number of guanidine groups is 1. The summed E-state index contributed by atoms with van der Waals surface area (Å²) in [6.45, 7) is 2.57. The van der Waals surface area contributed by atoms with Crippen LogP contribution < -0.4 is 10.6 Å². The van der Waals surface area contributed by atoms with E-state index in [9.17, 15) is 17.2 Å². The molecule has 0 radical (unpaired) electrons. The van der Waals surface area contributed by atoms with E-state index >= 15 is 0 Å². The van der Waals surface area contributed by atoms with E-state index in [-0.39, 0.29) is 17.9 Å². The lowest BCUT2D eigenvalue weighted by atomic mass is 10.2. The number of nitrogens with zero attached hydrogens (tertiary/aromatic N) is 2. The predicted molar refractivity (Wildman–Crippen MR) is 91.3 cm³/mol. The Hall–Kier alpha value is -1.74. The van der Waals surface area contributed by atoms with Gasteiger partial charge in [0.2, 0.25) is 10.0 Å². The van der Waals surface area contributed by atoms with Gasteiger partial charge < -0.3 is 10.6 Å². The average Bonchev–Trinajstić information content (AvgIpc) is 2.56. The Balaban J connectivity index is 2.40. The summed E-state index contributed by atoms with van der Waals surface area (Å²) in [5, 5.41) is 5.88. The Kier molecular flexibility index (Phi) is 8.06. The number of nitrogens with one attached hydrogen (secondary N) is 2. The van der Waals surface area contributed by atoms with Crippen LogP contribution in [-0.4, -0.2) is 51.6 Å². The van der Waals surface area contributed by atoms with Gasteiger partial charge in [0.15, 0.2) is 5.96 Å². The van der Waals surface area contributed by atoms with Crippen molar-refractivity contribution in [2.75, 3.05) is 32.9 Å². The average molecular weight is 362 g/mol. The van der Waals surface area contributed by atoms with Gasteiger partial charge >= 0.3 is 0 Å². The summed E-state index contributed by atoms with van der Waals surface area (Å²) in [7, 11) is -0.0763. The number of aliphatic imine (C=N–C) groups is 1. The van der Waals surface area contributed by atoms with Crippen LogP contribution in [0.5, 0.6) is 0 Å². The highest BCUT2D eigenvalue weighted by molar-refractivity contribution is 7.89. The first-order valence-electron chi connectivity index (χ1n) is 7.62. The van der Waals surface area contributed by atoms with E-state index in [0.29, 0.717) is 25.5 Å². The largest absolute Gasteiger partial charge is 0.356 e. The molecule has 0 fully saturated rings. The molecule has 0 spiro atoms. The van der Waals surface area contributed by atoms with Gasteiger partial charge in [0.05, 0.1) is 5.75 Å². The van der Waals surface area contributed by atoms with Gasteiger partial charge in [-0.1, -0.05) is 0 Å². The molecule has 0 atom stereocenters. The summed E-state index contributed by atoms with van der Waals surface area (Å²) in [6, 6.07) is 3.26. The first-order valence-corrected chi connectivity index (χ1v) is 9.23. The molecule has 2 N–H and O–H groups in total. The summed E-state index contributed by atoms with van der Waals surface area (Å²) >= 11 is 0. The first kappa shape index (κ1) is 20.3. The molecule has 0 aliphatic rings. The van der Waals surface area contributed by atoms with E-state index in [4.69, 9.17) is 0 Å². The summed E-state index contributed by atoms with van der Waals surface area (Å²) in [5.41, 5.74) is 0.201. The molecule has 1 rings (SSSR count). The molecule has 1 aromatic carbocycles. The van der Waals surface area contributed by atoms with Gasteiger partial charge in [-0.25, -0.2) is 21.5 Å². The van der Waals surface area contributed by atoms with Crippen LogP contribution in [0.2, 0.25) is 0 Å². The molecule has 6 nitrogen and oxygen atoms in total. The zero-order chi connectivity index (χ0) is 18.2. The minimum atomic E-state index is -3.18. The molecule has 0 aliphatic carbocycles. The summed E-state index contributed by atoms with van der Waals surface area (Å²) < 4.78 is 51.2. The number of sulfonamides is 1. The van der Waals surface area contributed by atoms with Crippen molar-refractivity contribution in [2.24, 2.45) is 4.99 Å². The molecule has 0 saturated heterocycles. The second-order valence-corrected chi connectivity index (χ2v) is 7.53. The zero-order valence-electron chi connectivity index (χ0n) is 14.1. The van der Waals surface area contributed by atoms with Crippen LogP contribution in [0.1, 0.15) is 18.9 Å². The maximum absolute atomic E-state index is 13.5. The monoisotopic (exact) mass is 362 g/mol. The van der Waals surface area contributed by atoms with Crippen LogP contribution in [0.4, 0.5) is 8.78 Å². The lowest BCUT2D eigenvalue weighted by molar-refractivity contribution is 0.461. The van der Waals surface area contributed by atoms with E-state index in [0.717, 1.165) is 18.2 Å². The third kappa shape index (κ3) is 6.40. The van der Waals surface area contributed by atoms with Crippen LogP contribution in [0.3, 0.4) is 0 Å². The predicted octanol–water partition coefficient (Wildman–Crippen LogP) is 1.30. The third-order valence-corrected chi connectivity index (χ3v) is 5.32. The van der Waals surface area contributed by atoms with Crippen molar-refractivity contribution < 1.29 is 17.2 Å². The van der Waals surface area contributed by atoms with E-state index < -0.39 is 21.7 Å². The molecule has 0 aromatic heterocycles. The Morgan fingerprint density at radius 2 is 2.00 bits per heavy atom. The SMILES string of the molecule is CCS(=O)(=O)N(C)CCCNC(=NC)NCc1cc(F)ccc1F. The molecule has 0 bridgehead atoms. The van der Waals surface area contributed by atoms with Crippen molar-refractivity contribution in [1.29, 1.82) is 0 Å². The summed E-state index contributed by atoms with van der Waals surface area (Å²) in [5.74, 6) is -0.499. The first-order chi connectivity index (χ1) is 11.3. The van der Waals surface area contributed by atoms with Crippen LogP contribution in [0.25, 0.3) is 0 Å². The molecule has 0 saturated carbocycles. The van der Waals surface area contributed by atoms with Gasteiger partial charge in [0, 0.05) is 39.3 Å². The fourth-order valence-corrected chi connectivity index (χ4v) is 2.79. The smallest absolute Gasteiger partial charge is 0.213 e. The molecule has 24 heavy (non-hydrogen) atoms. The van der Waals surface area contributed by atoms with Crippen molar-refractivity contribution in [3.05, 3.63) is 35.4 Å². The van der Waals surface area contributed by atoms with Crippen molar-refractivity contribution in [2.45, 2.75) is 19.9 Å². The standard InChI is InChI=1S/C15H24F2N4O2S/c1-4-24(22,23)21(3)9-5-8-19-15(18-2)20-11-12-10-13(16)6-7-14(12)17/h6-7,10H,4-5,8-9,11H2,1-3H3,(H2,18,19,20). The van der Waals surface area contributed by atoms with E-state index in [2.05, 4.69) is 15.6 Å². The molecule has 0 aliphatic heterocycles. The van der Waals surface area contributed by atoms with Crippen LogP contribution in [0, 0.1) is 11.6 Å². The van der Waals surface area contributed by atoms with E-state index in [1.54, 1.807) is 21.0 Å². The highest BCUT2D eigenvalue weighted by Gasteiger charge is 2.14. The van der Waals surface area contributed by atoms with Crippen LogP contribution >= 0.6 is 0 Å². The minimum absolute atomic E-state index is 0.0688. The fourth-order valence-electron chi connectivity index (χ4n) is 1.95. The summed E-state index contributed by atoms with van der Waals surface area (Å²) in [4.78, 5) is 3.98. The minimum Gasteiger partial charge on any atom is -0.356 e. The van der Waals surface area contributed by atoms with Crippen LogP contribution in [0.15, 0.2) is 23.2 Å². The molecule has 0 unspecified atom stereocenters. The molecule has 9 heteroatoms. The Morgan fingerprint density at radius 1 is 1.29 bits per heavy atom. The summed E-state index contributed by atoms with van der Waals surface area (Å²) in [6.07, 6.45) is 0.588. The second-order valence-electron chi connectivity index (χ2n) is 5.16. The van der Waals surface area contributed by atoms with Gasteiger partial charge in [-0.3, -0.25) is 4.99 Å². The second kappa shape index (κ2) is 9.53. The van der Waals surface area contributed by atoms with E-state index in [1.165, 1.54) is 4.31 Å². The Labute approximate surface area is 142 Å². The van der Waals surface area contributed by atoms with Gasteiger partial charge in [-0.05, 0) is 31.5 Å². The normalized spacial score (nSPS) is 12.5. The Morgan fingerprint density at radius 3 is 2.62 bits per heavy atom. The Bertz CT molecular complexity index is 665. The fraction of sp³-hybridized carbons (Fsp3) is 0.533. The molecular weight excluding hydrogens is 338 g/mol. The lowest BCUT2D eigenvalue weighted by Gasteiger charge is -2.17. The van der Waals surface area contributed by atoms with Crippen LogP contribution in [-0.2, 0) is 16.6 Å². The number of hydrogen-bond acceptors (Lipinski definition) is 3. The van der Waals surface area contributed by atoms with Crippen molar-refractivity contribution in [3.63, 3.8) is 0 Å².